The summed E-state index contributed by atoms with van der Waals surface area (Å²) < 4.78 is 21.3. The fourth-order valence-electron chi connectivity index (χ4n) is 6.07. The van der Waals surface area contributed by atoms with E-state index in [2.05, 4.69) is 26.7 Å². The van der Waals surface area contributed by atoms with Crippen molar-refractivity contribution >= 4 is 41.4 Å². The quantitative estimate of drug-likeness (QED) is 0.0248. The maximum atomic E-state index is 12.3. The molecule has 0 saturated heterocycles. The summed E-state index contributed by atoms with van der Waals surface area (Å²) in [4.78, 5) is 81.7. The van der Waals surface area contributed by atoms with E-state index in [1.54, 1.807) is 0 Å². The zero-order valence-corrected chi connectivity index (χ0v) is 36.7. The van der Waals surface area contributed by atoms with Crippen LogP contribution in [-0.2, 0) is 52.5 Å². The van der Waals surface area contributed by atoms with E-state index in [0.29, 0.717) is 25.8 Å². The van der Waals surface area contributed by atoms with Gasteiger partial charge >= 0.3 is 11.9 Å². The number of aliphatic carboxylic acids is 2. The van der Waals surface area contributed by atoms with Crippen LogP contribution in [0.25, 0.3) is 0 Å². The Bertz CT molecular complexity index is 1200. The van der Waals surface area contributed by atoms with Gasteiger partial charge in [-0.15, -0.1) is 0 Å². The Morgan fingerprint density at radius 1 is 0.459 bits per heavy atom. The van der Waals surface area contributed by atoms with Crippen LogP contribution in [-0.4, -0.2) is 136 Å². The highest BCUT2D eigenvalue weighted by Crippen LogP contribution is 2.14. The molecular weight excluding hydrogens is 796 g/mol. The SMILES string of the molecule is CC(=O)[C@H](CCCCNC(=O)COCCOCCNC(=O)COCCOCCNC(=O)CCC(NC(=O)CCCCCCCCCCCCCCCCC(=O)O)C(=O)O)NN. The molecule has 19 heteroatoms. The lowest BCUT2D eigenvalue weighted by Crippen LogP contribution is -2.41. The number of ketones is 1. The first kappa shape index (κ1) is 57.2. The fourth-order valence-corrected chi connectivity index (χ4v) is 6.07. The summed E-state index contributed by atoms with van der Waals surface area (Å²) in [6, 6.07) is -1.52. The first-order valence-corrected chi connectivity index (χ1v) is 22.3. The maximum Gasteiger partial charge on any atom is 0.326 e. The van der Waals surface area contributed by atoms with Gasteiger partial charge in [-0.2, -0.15) is 0 Å². The van der Waals surface area contributed by atoms with Gasteiger partial charge in [-0.25, -0.2) is 10.2 Å². The van der Waals surface area contributed by atoms with Crippen LogP contribution in [0, 0.1) is 0 Å². The minimum atomic E-state index is -1.18. The number of rotatable bonds is 45. The standard InChI is InChI=1S/C42H78N6O13/c1-34(49)35(48-43)18-16-17-23-44-39(52)32-60-30-29-59-27-25-46-40(53)33-61-31-28-58-26-24-45-37(50)22-21-36(42(56)57)47-38(51)19-14-12-10-8-6-4-2-3-5-7-9-11-13-15-20-41(54)55/h35-36,48H,2-33,43H2,1H3,(H,44,52)(H,45,50)(H,46,53)(H,47,51)(H,54,55)(H,56,57)/t35-,36?/m0/s1. The fraction of sp³-hybridized carbons (Fsp3) is 0.833. The summed E-state index contributed by atoms with van der Waals surface area (Å²) in [5.74, 6) is 2.15. The Labute approximate surface area is 362 Å². The summed E-state index contributed by atoms with van der Waals surface area (Å²) in [6.45, 7) is 3.46. The highest BCUT2D eigenvalue weighted by atomic mass is 16.5. The molecule has 4 amide bonds. The van der Waals surface area contributed by atoms with Crippen molar-refractivity contribution in [3.8, 4) is 0 Å². The van der Waals surface area contributed by atoms with Crippen LogP contribution >= 0.6 is 0 Å². The number of nitrogens with one attached hydrogen (secondary N) is 5. The highest BCUT2D eigenvalue weighted by Gasteiger charge is 2.21. The molecule has 0 aliphatic heterocycles. The zero-order chi connectivity index (χ0) is 45.2. The Kier molecular flexibility index (Phi) is 39.0. The lowest BCUT2D eigenvalue weighted by atomic mass is 10.0. The van der Waals surface area contributed by atoms with E-state index in [-0.39, 0.29) is 127 Å². The Morgan fingerprint density at radius 3 is 1.36 bits per heavy atom. The molecule has 0 radical (unpaired) electrons. The molecule has 0 heterocycles. The van der Waals surface area contributed by atoms with Gasteiger partial charge in [0.15, 0.2) is 0 Å². The van der Waals surface area contributed by atoms with E-state index >= 15 is 0 Å². The molecule has 9 N–H and O–H groups in total. The van der Waals surface area contributed by atoms with Crippen LogP contribution in [0.2, 0.25) is 0 Å². The normalized spacial score (nSPS) is 12.0. The number of hydrogen-bond donors (Lipinski definition) is 8. The smallest absolute Gasteiger partial charge is 0.326 e. The van der Waals surface area contributed by atoms with Crippen molar-refractivity contribution in [2.45, 2.75) is 154 Å². The molecule has 0 fully saturated rings. The lowest BCUT2D eigenvalue weighted by Gasteiger charge is -2.14. The summed E-state index contributed by atoms with van der Waals surface area (Å²) in [5.41, 5.74) is 2.47. The number of Topliss-reactive ketones (excluding diaryl/α,β-unsaturated/α-hetero) is 1. The third-order valence-electron chi connectivity index (χ3n) is 9.62. The summed E-state index contributed by atoms with van der Waals surface area (Å²) >= 11 is 0. The minimum Gasteiger partial charge on any atom is -0.481 e. The van der Waals surface area contributed by atoms with E-state index in [1.807, 2.05) is 0 Å². The average molecular weight is 875 g/mol. The molecule has 0 rings (SSSR count). The van der Waals surface area contributed by atoms with E-state index in [1.165, 1.54) is 51.9 Å². The zero-order valence-electron chi connectivity index (χ0n) is 36.7. The number of hydrogen-bond acceptors (Lipinski definition) is 13. The number of carbonyl (C=O) groups is 7. The number of carboxylic acid groups (broad SMARTS) is 2. The van der Waals surface area contributed by atoms with Crippen molar-refractivity contribution in [1.82, 2.24) is 26.7 Å². The molecule has 0 saturated carbocycles. The predicted molar refractivity (Wildman–Crippen MR) is 228 cm³/mol. The van der Waals surface area contributed by atoms with Gasteiger partial charge in [0.2, 0.25) is 23.6 Å². The van der Waals surface area contributed by atoms with Gasteiger partial charge in [0.1, 0.15) is 25.0 Å². The number of carbonyl (C=O) groups excluding carboxylic acids is 5. The molecule has 0 spiro atoms. The summed E-state index contributed by atoms with van der Waals surface area (Å²) in [6.07, 6.45) is 17.5. The van der Waals surface area contributed by atoms with Gasteiger partial charge in [0.05, 0.1) is 45.7 Å². The molecule has 2 atom stereocenters. The van der Waals surface area contributed by atoms with Crippen molar-refractivity contribution in [3.63, 3.8) is 0 Å². The van der Waals surface area contributed by atoms with E-state index < -0.39 is 18.0 Å². The van der Waals surface area contributed by atoms with E-state index in [0.717, 1.165) is 44.9 Å². The Hall–Kier alpha value is -3.75. The topological polar surface area (TPSA) is 283 Å². The number of hydrazine groups is 1. The van der Waals surface area contributed by atoms with Crippen LogP contribution in [0.3, 0.4) is 0 Å². The van der Waals surface area contributed by atoms with E-state index in [9.17, 15) is 38.7 Å². The van der Waals surface area contributed by atoms with Crippen LogP contribution < -0.4 is 32.5 Å². The molecule has 19 nitrogen and oxygen atoms in total. The summed E-state index contributed by atoms with van der Waals surface area (Å²) in [7, 11) is 0. The largest absolute Gasteiger partial charge is 0.481 e. The molecule has 0 aromatic heterocycles. The molecule has 354 valence electrons. The van der Waals surface area contributed by atoms with Crippen LogP contribution in [0.15, 0.2) is 0 Å². The number of ether oxygens (including phenoxy) is 4. The lowest BCUT2D eigenvalue weighted by molar-refractivity contribution is -0.142. The van der Waals surface area contributed by atoms with Gasteiger partial charge in [-0.1, -0.05) is 77.0 Å². The van der Waals surface area contributed by atoms with Gasteiger partial charge in [0, 0.05) is 38.9 Å². The van der Waals surface area contributed by atoms with Gasteiger partial charge < -0.3 is 50.4 Å². The second-order valence-electron chi connectivity index (χ2n) is 15.0. The third kappa shape index (κ3) is 40.1. The molecule has 0 bridgehead atoms. The number of nitrogens with two attached hydrogens (primary N) is 1. The van der Waals surface area contributed by atoms with Gasteiger partial charge in [0.25, 0.3) is 0 Å². The molecule has 61 heavy (non-hydrogen) atoms. The van der Waals surface area contributed by atoms with Crippen LogP contribution in [0.1, 0.15) is 142 Å². The first-order valence-electron chi connectivity index (χ1n) is 22.3. The number of unbranched alkanes of at least 4 members (excludes halogenated alkanes) is 14. The average Bonchev–Trinajstić information content (AvgIpc) is 3.22. The Morgan fingerprint density at radius 2 is 0.902 bits per heavy atom. The highest BCUT2D eigenvalue weighted by molar-refractivity contribution is 5.84. The van der Waals surface area contributed by atoms with Crippen LogP contribution in [0.4, 0.5) is 0 Å². The summed E-state index contributed by atoms with van der Waals surface area (Å²) in [5, 5.41) is 28.7. The second kappa shape index (κ2) is 41.6. The van der Waals surface area contributed by atoms with Crippen molar-refractivity contribution in [2.75, 3.05) is 72.5 Å². The van der Waals surface area contributed by atoms with Gasteiger partial charge in [-0.3, -0.25) is 34.6 Å². The van der Waals surface area contributed by atoms with E-state index in [4.69, 9.17) is 29.9 Å². The second-order valence-corrected chi connectivity index (χ2v) is 15.0. The van der Waals surface area contributed by atoms with Crippen molar-refractivity contribution in [2.24, 2.45) is 5.84 Å². The van der Waals surface area contributed by atoms with Crippen molar-refractivity contribution in [3.05, 3.63) is 0 Å². The Balaban J connectivity index is 3.65. The van der Waals surface area contributed by atoms with Crippen LogP contribution in [0.5, 0.6) is 0 Å². The van der Waals surface area contributed by atoms with Crippen molar-refractivity contribution < 1.29 is 62.7 Å². The first-order chi connectivity index (χ1) is 29.5. The number of carboxylic acids is 2. The molecular formula is C42H78N6O13. The number of amides is 4. The molecule has 0 aromatic carbocycles. The predicted octanol–water partition coefficient (Wildman–Crippen LogP) is 2.67. The molecule has 0 aromatic rings. The van der Waals surface area contributed by atoms with Gasteiger partial charge in [-0.05, 0) is 45.4 Å². The van der Waals surface area contributed by atoms with Crippen molar-refractivity contribution in [1.29, 1.82) is 0 Å². The third-order valence-corrected chi connectivity index (χ3v) is 9.62. The maximum absolute atomic E-state index is 12.3. The monoisotopic (exact) mass is 875 g/mol. The minimum absolute atomic E-state index is 0.0236. The molecule has 0 aliphatic carbocycles. The molecule has 1 unspecified atom stereocenters. The molecule has 0 aliphatic rings.